The van der Waals surface area contributed by atoms with Gasteiger partial charge in [-0.2, -0.15) is 0 Å². The number of carbonyl (C=O) groups is 1. The van der Waals surface area contributed by atoms with Crippen molar-refractivity contribution in [2.24, 2.45) is 0 Å². The molecule has 0 aliphatic carbocycles. The Hall–Kier alpha value is -0.540. The van der Waals surface area contributed by atoms with Crippen LogP contribution in [0.3, 0.4) is 0 Å². The molecule has 12 heavy (non-hydrogen) atoms. The fourth-order valence-corrected chi connectivity index (χ4v) is 1.79. The zero-order valence-electron chi connectivity index (χ0n) is 6.79. The molecule has 1 aromatic rings. The number of thiophene rings is 1. The summed E-state index contributed by atoms with van der Waals surface area (Å²) >= 11 is 6.96. The Labute approximate surface area is 80.8 Å². The minimum atomic E-state index is 0.0469. The zero-order valence-corrected chi connectivity index (χ0v) is 8.36. The van der Waals surface area contributed by atoms with Gasteiger partial charge in [0.25, 0.3) is 5.91 Å². The highest BCUT2D eigenvalue weighted by Crippen LogP contribution is 2.10. The van der Waals surface area contributed by atoms with Crippen LogP contribution in [0.25, 0.3) is 0 Å². The molecule has 66 valence electrons. The van der Waals surface area contributed by atoms with Crippen molar-refractivity contribution in [1.29, 1.82) is 0 Å². The largest absolute Gasteiger partial charge is 0.340 e. The van der Waals surface area contributed by atoms with Crippen LogP contribution in [0.15, 0.2) is 17.5 Å². The molecule has 0 saturated heterocycles. The molecule has 0 atom stereocenters. The molecule has 0 spiro atoms. The number of carbonyl (C=O) groups excluding carboxylic acids is 1. The van der Waals surface area contributed by atoms with E-state index in [2.05, 4.69) is 0 Å². The molecule has 0 radical (unpaired) electrons. The van der Waals surface area contributed by atoms with E-state index < -0.39 is 0 Å². The van der Waals surface area contributed by atoms with E-state index in [4.69, 9.17) is 11.6 Å². The van der Waals surface area contributed by atoms with Crippen LogP contribution in [0.5, 0.6) is 0 Å². The Kier molecular flexibility index (Phi) is 3.56. The predicted molar refractivity (Wildman–Crippen MR) is 52.0 cm³/mol. The Bertz CT molecular complexity index is 248. The van der Waals surface area contributed by atoms with Crippen LogP contribution in [0.4, 0.5) is 0 Å². The molecular formula is C8H10ClNOS. The Balaban J connectivity index is 2.59. The molecule has 1 heterocycles. The van der Waals surface area contributed by atoms with E-state index in [0.717, 1.165) is 4.88 Å². The van der Waals surface area contributed by atoms with Gasteiger partial charge < -0.3 is 4.90 Å². The lowest BCUT2D eigenvalue weighted by atomic mass is 10.4. The van der Waals surface area contributed by atoms with E-state index in [1.807, 2.05) is 17.5 Å². The van der Waals surface area contributed by atoms with Gasteiger partial charge in [-0.1, -0.05) is 6.07 Å². The first-order valence-electron chi connectivity index (χ1n) is 3.60. The van der Waals surface area contributed by atoms with E-state index in [1.165, 1.54) is 11.3 Å². The first-order valence-corrected chi connectivity index (χ1v) is 5.02. The maximum atomic E-state index is 11.5. The predicted octanol–water partition coefficient (Wildman–Crippen LogP) is 2.06. The molecule has 2 nitrogen and oxygen atoms in total. The summed E-state index contributed by atoms with van der Waals surface area (Å²) in [4.78, 5) is 13.9. The molecule has 0 aliphatic rings. The highest BCUT2D eigenvalue weighted by Gasteiger charge is 2.10. The normalized spacial score (nSPS) is 9.83. The van der Waals surface area contributed by atoms with Crippen molar-refractivity contribution in [3.63, 3.8) is 0 Å². The van der Waals surface area contributed by atoms with E-state index in [1.54, 1.807) is 11.9 Å². The highest BCUT2D eigenvalue weighted by atomic mass is 35.5. The van der Waals surface area contributed by atoms with Gasteiger partial charge >= 0.3 is 0 Å². The van der Waals surface area contributed by atoms with Crippen LogP contribution in [0.2, 0.25) is 0 Å². The zero-order chi connectivity index (χ0) is 8.97. The lowest BCUT2D eigenvalue weighted by Gasteiger charge is -2.13. The van der Waals surface area contributed by atoms with E-state index in [-0.39, 0.29) is 5.91 Å². The van der Waals surface area contributed by atoms with Gasteiger partial charge in [0.15, 0.2) is 0 Å². The molecule has 0 aromatic carbocycles. The molecule has 0 unspecified atom stereocenters. The van der Waals surface area contributed by atoms with Crippen LogP contribution in [-0.2, 0) is 0 Å². The topological polar surface area (TPSA) is 20.3 Å². The smallest absolute Gasteiger partial charge is 0.263 e. The molecule has 1 amide bonds. The number of halogens is 1. The Morgan fingerprint density at radius 2 is 2.50 bits per heavy atom. The molecule has 0 fully saturated rings. The quantitative estimate of drug-likeness (QED) is 0.689. The van der Waals surface area contributed by atoms with E-state index >= 15 is 0 Å². The van der Waals surface area contributed by atoms with Gasteiger partial charge in [-0.25, -0.2) is 0 Å². The minimum absolute atomic E-state index is 0.0469. The lowest BCUT2D eigenvalue weighted by molar-refractivity contribution is 0.0808. The second-order valence-electron chi connectivity index (χ2n) is 2.39. The summed E-state index contributed by atoms with van der Waals surface area (Å²) in [5.41, 5.74) is 0. The summed E-state index contributed by atoms with van der Waals surface area (Å²) in [5.74, 6) is 0.527. The summed E-state index contributed by atoms with van der Waals surface area (Å²) in [7, 11) is 1.75. The molecular weight excluding hydrogens is 194 g/mol. The van der Waals surface area contributed by atoms with Gasteiger partial charge in [0.2, 0.25) is 0 Å². The number of hydrogen-bond acceptors (Lipinski definition) is 2. The third-order valence-corrected chi connectivity index (χ3v) is 2.53. The third kappa shape index (κ3) is 2.22. The van der Waals surface area contributed by atoms with Gasteiger partial charge in [0, 0.05) is 19.5 Å². The van der Waals surface area contributed by atoms with Crippen molar-refractivity contribution in [3.8, 4) is 0 Å². The second-order valence-corrected chi connectivity index (χ2v) is 3.72. The maximum Gasteiger partial charge on any atom is 0.263 e. The SMILES string of the molecule is CN(CCCl)C(=O)c1cccs1. The summed E-state index contributed by atoms with van der Waals surface area (Å²) in [6.45, 7) is 0.596. The summed E-state index contributed by atoms with van der Waals surface area (Å²) < 4.78 is 0. The number of rotatable bonds is 3. The van der Waals surface area contributed by atoms with Crippen LogP contribution in [-0.4, -0.2) is 30.3 Å². The average Bonchev–Trinajstić information content (AvgIpc) is 2.55. The van der Waals surface area contributed by atoms with Crippen LogP contribution in [0, 0.1) is 0 Å². The maximum absolute atomic E-state index is 11.5. The van der Waals surface area contributed by atoms with Crippen molar-refractivity contribution in [3.05, 3.63) is 22.4 Å². The van der Waals surface area contributed by atoms with Crippen molar-refractivity contribution in [1.82, 2.24) is 4.90 Å². The van der Waals surface area contributed by atoms with Crippen LogP contribution < -0.4 is 0 Å². The number of hydrogen-bond donors (Lipinski definition) is 0. The Morgan fingerprint density at radius 3 is 3.00 bits per heavy atom. The third-order valence-electron chi connectivity index (χ3n) is 1.50. The van der Waals surface area contributed by atoms with Crippen LogP contribution >= 0.6 is 22.9 Å². The minimum Gasteiger partial charge on any atom is -0.340 e. The van der Waals surface area contributed by atoms with Crippen molar-refractivity contribution in [2.75, 3.05) is 19.5 Å². The molecule has 0 saturated carbocycles. The standard InChI is InChI=1S/C8H10ClNOS/c1-10(5-4-9)8(11)7-3-2-6-12-7/h2-3,6H,4-5H2,1H3. The van der Waals surface area contributed by atoms with Crippen LogP contribution in [0.1, 0.15) is 9.67 Å². The Morgan fingerprint density at radius 1 is 1.75 bits per heavy atom. The number of nitrogens with zero attached hydrogens (tertiary/aromatic N) is 1. The van der Waals surface area contributed by atoms with Gasteiger partial charge in [-0.15, -0.1) is 22.9 Å². The van der Waals surface area contributed by atoms with E-state index in [9.17, 15) is 4.79 Å². The van der Waals surface area contributed by atoms with Gasteiger partial charge in [0.1, 0.15) is 0 Å². The van der Waals surface area contributed by atoms with Gasteiger partial charge in [-0.05, 0) is 11.4 Å². The monoisotopic (exact) mass is 203 g/mol. The average molecular weight is 204 g/mol. The second kappa shape index (κ2) is 4.48. The first-order chi connectivity index (χ1) is 5.75. The number of alkyl halides is 1. The molecule has 0 bridgehead atoms. The fourth-order valence-electron chi connectivity index (χ4n) is 0.817. The lowest BCUT2D eigenvalue weighted by Crippen LogP contribution is -2.27. The molecule has 0 aliphatic heterocycles. The van der Waals surface area contributed by atoms with Crippen molar-refractivity contribution in [2.45, 2.75) is 0 Å². The van der Waals surface area contributed by atoms with Crippen molar-refractivity contribution < 1.29 is 4.79 Å². The first kappa shape index (κ1) is 9.55. The van der Waals surface area contributed by atoms with E-state index in [0.29, 0.717) is 12.4 Å². The van der Waals surface area contributed by atoms with Gasteiger partial charge in [-0.3, -0.25) is 4.79 Å². The molecule has 1 rings (SSSR count). The number of amides is 1. The molecule has 4 heteroatoms. The summed E-state index contributed by atoms with van der Waals surface area (Å²) in [6.07, 6.45) is 0. The van der Waals surface area contributed by atoms with Crippen molar-refractivity contribution >= 4 is 28.8 Å². The molecule has 0 N–H and O–H groups in total. The summed E-state index contributed by atoms with van der Waals surface area (Å²) in [5, 5.41) is 1.89. The molecule has 1 aromatic heterocycles. The highest BCUT2D eigenvalue weighted by molar-refractivity contribution is 7.12. The van der Waals surface area contributed by atoms with Gasteiger partial charge in [0.05, 0.1) is 4.88 Å². The fraction of sp³-hybridized carbons (Fsp3) is 0.375. The summed E-state index contributed by atoms with van der Waals surface area (Å²) in [6, 6.07) is 3.68.